The monoisotopic (exact) mass is 489 g/mol. The van der Waals surface area contributed by atoms with E-state index in [1.54, 1.807) is 6.07 Å². The van der Waals surface area contributed by atoms with Crippen molar-refractivity contribution in [3.8, 4) is 11.8 Å². The summed E-state index contributed by atoms with van der Waals surface area (Å²) in [7, 11) is -8.44. The maximum atomic E-state index is 12.9. The molecule has 0 aliphatic carbocycles. The molecule has 0 unspecified atom stereocenters. The summed E-state index contributed by atoms with van der Waals surface area (Å²) in [6, 6.07) is 9.85. The normalized spacial score (nSPS) is 15.3. The maximum absolute atomic E-state index is 12.9. The number of rotatable bonds is 7. The molecule has 0 atom stereocenters. The molecule has 2 aromatic rings. The predicted molar refractivity (Wildman–Crippen MR) is 108 cm³/mol. The molecule has 8 nitrogen and oxygen atoms in total. The maximum Gasteiger partial charge on any atom is 0.422 e. The van der Waals surface area contributed by atoms with Crippen LogP contribution in [0, 0.1) is 11.3 Å². The van der Waals surface area contributed by atoms with Crippen LogP contribution in [0.2, 0.25) is 0 Å². The second-order valence-electron chi connectivity index (χ2n) is 6.89. The number of hydrogen-bond acceptors (Lipinski definition) is 6. The highest BCUT2D eigenvalue weighted by Gasteiger charge is 2.31. The summed E-state index contributed by atoms with van der Waals surface area (Å²) in [5, 5.41) is 9.17. The highest BCUT2D eigenvalue weighted by Crippen LogP contribution is 2.33. The smallest absolute Gasteiger partial charge is 0.422 e. The van der Waals surface area contributed by atoms with E-state index in [2.05, 4.69) is 4.72 Å². The Balaban J connectivity index is 2.05. The molecule has 0 bridgehead atoms. The van der Waals surface area contributed by atoms with Gasteiger partial charge in [-0.05, 0) is 43.2 Å². The SMILES string of the molecule is N#Cc1ccccc1S(=O)(=O)Nc1cc(S(=O)(=O)N2CCCC2)ccc1OCC(F)(F)F. The van der Waals surface area contributed by atoms with E-state index >= 15 is 0 Å². The first-order chi connectivity index (χ1) is 14.9. The second-order valence-corrected chi connectivity index (χ2v) is 10.5. The van der Waals surface area contributed by atoms with E-state index in [0.29, 0.717) is 12.8 Å². The van der Waals surface area contributed by atoms with Crippen LogP contribution < -0.4 is 9.46 Å². The van der Waals surface area contributed by atoms with E-state index in [0.717, 1.165) is 24.3 Å². The molecular formula is C19H18F3N3O5S2. The van der Waals surface area contributed by atoms with Crippen LogP contribution in [0.1, 0.15) is 18.4 Å². The molecule has 1 saturated heterocycles. The van der Waals surface area contributed by atoms with Crippen molar-refractivity contribution >= 4 is 25.7 Å². The minimum absolute atomic E-state index is 0.196. The third-order valence-corrected chi connectivity index (χ3v) is 7.90. The first-order valence-electron chi connectivity index (χ1n) is 9.30. The summed E-state index contributed by atoms with van der Waals surface area (Å²) < 4.78 is 97.3. The molecule has 3 rings (SSSR count). The predicted octanol–water partition coefficient (Wildman–Crippen LogP) is 3.08. The number of nitrogens with zero attached hydrogens (tertiary/aromatic N) is 2. The van der Waals surface area contributed by atoms with Gasteiger partial charge in [0.1, 0.15) is 16.7 Å². The Morgan fingerprint density at radius 2 is 1.72 bits per heavy atom. The molecule has 172 valence electrons. The molecular weight excluding hydrogens is 471 g/mol. The molecule has 32 heavy (non-hydrogen) atoms. The number of nitriles is 1. The second kappa shape index (κ2) is 8.97. The highest BCUT2D eigenvalue weighted by atomic mass is 32.2. The van der Waals surface area contributed by atoms with E-state index in [-0.39, 0.29) is 23.5 Å². The van der Waals surface area contributed by atoms with Gasteiger partial charge in [-0.2, -0.15) is 22.7 Å². The fourth-order valence-corrected chi connectivity index (χ4v) is 5.87. The lowest BCUT2D eigenvalue weighted by molar-refractivity contribution is -0.153. The fourth-order valence-electron chi connectivity index (χ4n) is 3.11. The van der Waals surface area contributed by atoms with Gasteiger partial charge in [-0.15, -0.1) is 0 Å². The molecule has 1 heterocycles. The Labute approximate surface area is 183 Å². The first kappa shape index (κ1) is 23.8. The standard InChI is InChI=1S/C19H18F3N3O5S2/c20-19(21,22)13-30-17-8-7-15(32(28,29)25-9-3-4-10-25)11-16(17)24-31(26,27)18-6-2-1-5-14(18)12-23/h1-2,5-8,11,24H,3-4,9-10,13H2. The zero-order valence-electron chi connectivity index (χ0n) is 16.5. The zero-order chi connectivity index (χ0) is 23.6. The summed E-state index contributed by atoms with van der Waals surface area (Å²) in [5.74, 6) is -0.513. The van der Waals surface area contributed by atoms with Gasteiger partial charge in [-0.3, -0.25) is 4.72 Å². The molecule has 2 aromatic carbocycles. The van der Waals surface area contributed by atoms with Gasteiger partial charge in [-0.25, -0.2) is 16.8 Å². The lowest BCUT2D eigenvalue weighted by atomic mass is 10.2. The molecule has 0 radical (unpaired) electrons. The fraction of sp³-hybridized carbons (Fsp3) is 0.316. The van der Waals surface area contributed by atoms with E-state index in [1.807, 2.05) is 0 Å². The number of anilines is 1. The van der Waals surface area contributed by atoms with Gasteiger partial charge in [0.15, 0.2) is 6.61 Å². The summed E-state index contributed by atoms with van der Waals surface area (Å²) in [6.45, 7) is -1.15. The highest BCUT2D eigenvalue weighted by molar-refractivity contribution is 7.92. The quantitative estimate of drug-likeness (QED) is 0.639. The van der Waals surface area contributed by atoms with Crippen molar-refractivity contribution in [3.05, 3.63) is 48.0 Å². The summed E-state index contributed by atoms with van der Waals surface area (Å²) in [4.78, 5) is -0.720. The average molecular weight is 489 g/mol. The molecule has 0 aromatic heterocycles. The molecule has 1 aliphatic heterocycles. The van der Waals surface area contributed by atoms with Gasteiger partial charge in [0.25, 0.3) is 10.0 Å². The molecule has 0 spiro atoms. The van der Waals surface area contributed by atoms with Crippen molar-refractivity contribution in [2.75, 3.05) is 24.4 Å². The van der Waals surface area contributed by atoms with Gasteiger partial charge < -0.3 is 4.74 Å². The summed E-state index contributed by atoms with van der Waals surface area (Å²) in [5.41, 5.74) is -0.694. The van der Waals surface area contributed by atoms with Gasteiger partial charge in [0, 0.05) is 13.1 Å². The van der Waals surface area contributed by atoms with Crippen molar-refractivity contribution in [1.29, 1.82) is 5.26 Å². The van der Waals surface area contributed by atoms with Crippen molar-refractivity contribution < 1.29 is 34.7 Å². The van der Waals surface area contributed by atoms with Crippen molar-refractivity contribution in [1.82, 2.24) is 4.31 Å². The van der Waals surface area contributed by atoms with Gasteiger partial charge >= 0.3 is 6.18 Å². The Bertz CT molecular complexity index is 1250. The summed E-state index contributed by atoms with van der Waals surface area (Å²) >= 11 is 0. The summed E-state index contributed by atoms with van der Waals surface area (Å²) in [6.07, 6.45) is -3.38. The number of hydrogen-bond donors (Lipinski definition) is 1. The van der Waals surface area contributed by atoms with Gasteiger partial charge in [-0.1, -0.05) is 12.1 Å². The van der Waals surface area contributed by atoms with Crippen LogP contribution in [-0.2, 0) is 20.0 Å². The van der Waals surface area contributed by atoms with E-state index in [9.17, 15) is 35.3 Å². The van der Waals surface area contributed by atoms with Crippen LogP contribution >= 0.6 is 0 Å². The van der Waals surface area contributed by atoms with Crippen LogP contribution in [0.3, 0.4) is 0 Å². The Kier molecular flexibility index (Phi) is 6.68. The number of halogens is 3. The lowest BCUT2D eigenvalue weighted by Gasteiger charge is -2.19. The molecule has 0 amide bonds. The Morgan fingerprint density at radius 1 is 1.06 bits per heavy atom. The zero-order valence-corrected chi connectivity index (χ0v) is 18.1. The molecule has 0 saturated carbocycles. The number of benzene rings is 2. The average Bonchev–Trinajstić information content (AvgIpc) is 3.27. The van der Waals surface area contributed by atoms with E-state index in [1.165, 1.54) is 22.5 Å². The minimum Gasteiger partial charge on any atom is -0.482 e. The molecule has 1 N–H and O–H groups in total. The van der Waals surface area contributed by atoms with E-state index < -0.39 is 49.2 Å². The molecule has 1 aliphatic rings. The molecule has 1 fully saturated rings. The number of sulfonamides is 2. The van der Waals surface area contributed by atoms with Gasteiger partial charge in [0.2, 0.25) is 10.0 Å². The topological polar surface area (TPSA) is 117 Å². The van der Waals surface area contributed by atoms with Crippen LogP contribution in [0.25, 0.3) is 0 Å². The van der Waals surface area contributed by atoms with Crippen molar-refractivity contribution in [2.24, 2.45) is 0 Å². The van der Waals surface area contributed by atoms with Crippen LogP contribution in [0.4, 0.5) is 18.9 Å². The largest absolute Gasteiger partial charge is 0.482 e. The Morgan fingerprint density at radius 3 is 2.34 bits per heavy atom. The first-order valence-corrected chi connectivity index (χ1v) is 12.2. The van der Waals surface area contributed by atoms with E-state index in [4.69, 9.17) is 4.74 Å². The van der Waals surface area contributed by atoms with Crippen LogP contribution in [0.15, 0.2) is 52.3 Å². The number of ether oxygens (including phenoxy) is 1. The van der Waals surface area contributed by atoms with Crippen molar-refractivity contribution in [3.63, 3.8) is 0 Å². The number of nitrogens with one attached hydrogen (secondary N) is 1. The van der Waals surface area contributed by atoms with Crippen molar-refractivity contribution in [2.45, 2.75) is 28.8 Å². The lowest BCUT2D eigenvalue weighted by Crippen LogP contribution is -2.28. The third-order valence-electron chi connectivity index (χ3n) is 4.59. The Hall–Kier alpha value is -2.82. The van der Waals surface area contributed by atoms with Gasteiger partial charge in [0.05, 0.1) is 16.1 Å². The number of alkyl halides is 3. The third kappa shape index (κ3) is 5.32. The molecule has 13 heteroatoms. The minimum atomic E-state index is -4.70. The van der Waals surface area contributed by atoms with Crippen LogP contribution in [-0.4, -0.2) is 47.0 Å². The van der Waals surface area contributed by atoms with Crippen LogP contribution in [0.5, 0.6) is 5.75 Å².